The van der Waals surface area contributed by atoms with Crippen molar-refractivity contribution < 1.29 is 4.79 Å². The van der Waals surface area contributed by atoms with Gasteiger partial charge in [0.1, 0.15) is 0 Å². The van der Waals surface area contributed by atoms with Gasteiger partial charge in [0.05, 0.1) is 6.54 Å². The van der Waals surface area contributed by atoms with Crippen LogP contribution in [-0.4, -0.2) is 37.5 Å². The zero-order chi connectivity index (χ0) is 14.4. The summed E-state index contributed by atoms with van der Waals surface area (Å²) in [6, 6.07) is 11.0. The molecule has 1 amide bonds. The van der Waals surface area contributed by atoms with E-state index < -0.39 is 0 Å². The van der Waals surface area contributed by atoms with Crippen LogP contribution in [-0.2, 0) is 11.2 Å². The number of hydrogen-bond donors (Lipinski definition) is 1. The Hall–Kier alpha value is -1.35. The Kier molecular flexibility index (Phi) is 5.60. The van der Waals surface area contributed by atoms with Crippen molar-refractivity contribution in [3.05, 3.63) is 35.9 Å². The summed E-state index contributed by atoms with van der Waals surface area (Å²) in [6.07, 6.45) is 5.95. The Morgan fingerprint density at radius 2 is 1.90 bits per heavy atom. The normalized spacial score (nSPS) is 22.8. The highest BCUT2D eigenvalue weighted by Crippen LogP contribution is 2.27. The van der Waals surface area contributed by atoms with Crippen LogP contribution in [0, 0.1) is 5.92 Å². The summed E-state index contributed by atoms with van der Waals surface area (Å²) < 4.78 is 0. The number of carbonyl (C=O) groups excluding carboxylic acids is 1. The van der Waals surface area contributed by atoms with E-state index >= 15 is 0 Å². The lowest BCUT2D eigenvalue weighted by atomic mass is 9.80. The Morgan fingerprint density at radius 1 is 1.20 bits per heavy atom. The lowest BCUT2D eigenvalue weighted by Gasteiger charge is -2.32. The maximum absolute atomic E-state index is 12.0. The molecule has 0 heterocycles. The van der Waals surface area contributed by atoms with Crippen LogP contribution in [0.2, 0.25) is 0 Å². The van der Waals surface area contributed by atoms with Crippen molar-refractivity contribution in [3.8, 4) is 0 Å². The van der Waals surface area contributed by atoms with Crippen molar-refractivity contribution in [2.45, 2.75) is 38.1 Å². The first-order valence-electron chi connectivity index (χ1n) is 7.63. The first-order valence-corrected chi connectivity index (χ1v) is 7.63. The van der Waals surface area contributed by atoms with Crippen LogP contribution in [0.15, 0.2) is 30.3 Å². The topological polar surface area (TPSA) is 32.3 Å². The summed E-state index contributed by atoms with van der Waals surface area (Å²) in [6.45, 7) is 0.481. The van der Waals surface area contributed by atoms with Gasteiger partial charge in [0.25, 0.3) is 0 Å². The molecule has 110 valence electrons. The predicted molar refractivity (Wildman–Crippen MR) is 82.6 cm³/mol. The molecular formula is C17H26N2O. The van der Waals surface area contributed by atoms with E-state index in [4.69, 9.17) is 0 Å². The van der Waals surface area contributed by atoms with Gasteiger partial charge in [-0.25, -0.2) is 0 Å². The third-order valence-corrected chi connectivity index (χ3v) is 4.06. The molecule has 1 saturated carbocycles. The first-order chi connectivity index (χ1) is 9.65. The SMILES string of the molecule is CN(C)CC(=O)N[C@H]1CCCC[C@@H]1Cc1ccccc1. The van der Waals surface area contributed by atoms with Crippen LogP contribution >= 0.6 is 0 Å². The highest BCUT2D eigenvalue weighted by molar-refractivity contribution is 5.78. The Labute approximate surface area is 122 Å². The predicted octanol–water partition coefficient (Wildman–Crippen LogP) is 2.47. The maximum Gasteiger partial charge on any atom is 0.234 e. The minimum atomic E-state index is 0.153. The van der Waals surface area contributed by atoms with Crippen molar-refractivity contribution in [1.82, 2.24) is 10.2 Å². The number of rotatable bonds is 5. The maximum atomic E-state index is 12.0. The Bertz CT molecular complexity index is 416. The minimum absolute atomic E-state index is 0.153. The fourth-order valence-corrected chi connectivity index (χ4v) is 3.10. The highest BCUT2D eigenvalue weighted by atomic mass is 16.2. The molecular weight excluding hydrogens is 248 g/mol. The quantitative estimate of drug-likeness (QED) is 0.894. The summed E-state index contributed by atoms with van der Waals surface area (Å²) in [5, 5.41) is 3.24. The lowest BCUT2D eigenvalue weighted by Crippen LogP contribution is -2.45. The standard InChI is InChI=1S/C17H26N2O/c1-19(2)13-17(20)18-16-11-7-6-10-15(16)12-14-8-4-3-5-9-14/h3-5,8-9,15-16H,6-7,10-13H2,1-2H3,(H,18,20)/t15-,16+/m1/s1. The molecule has 0 unspecified atom stereocenters. The second-order valence-electron chi connectivity index (χ2n) is 6.15. The second kappa shape index (κ2) is 7.44. The summed E-state index contributed by atoms with van der Waals surface area (Å²) in [5.74, 6) is 0.734. The molecule has 3 heteroatoms. The fourth-order valence-electron chi connectivity index (χ4n) is 3.10. The number of hydrogen-bond acceptors (Lipinski definition) is 2. The number of benzene rings is 1. The van der Waals surface area contributed by atoms with Crippen molar-refractivity contribution >= 4 is 5.91 Å². The zero-order valence-electron chi connectivity index (χ0n) is 12.6. The third-order valence-electron chi connectivity index (χ3n) is 4.06. The average molecular weight is 274 g/mol. The minimum Gasteiger partial charge on any atom is -0.352 e. The van der Waals surface area contributed by atoms with E-state index in [1.54, 1.807) is 0 Å². The monoisotopic (exact) mass is 274 g/mol. The summed E-state index contributed by atoms with van der Waals surface area (Å²) in [5.41, 5.74) is 1.38. The van der Waals surface area contributed by atoms with E-state index in [1.807, 2.05) is 19.0 Å². The van der Waals surface area contributed by atoms with Gasteiger partial charge in [0.2, 0.25) is 5.91 Å². The lowest BCUT2D eigenvalue weighted by molar-refractivity contribution is -0.123. The van der Waals surface area contributed by atoms with Gasteiger partial charge in [0, 0.05) is 6.04 Å². The van der Waals surface area contributed by atoms with Gasteiger partial charge in [-0.2, -0.15) is 0 Å². The molecule has 0 radical (unpaired) electrons. The van der Waals surface area contributed by atoms with Crippen LogP contribution < -0.4 is 5.32 Å². The van der Waals surface area contributed by atoms with Gasteiger partial charge in [-0.15, -0.1) is 0 Å². The second-order valence-corrected chi connectivity index (χ2v) is 6.15. The largest absolute Gasteiger partial charge is 0.352 e. The molecule has 1 aromatic rings. The van der Waals surface area contributed by atoms with E-state index in [9.17, 15) is 4.79 Å². The van der Waals surface area contributed by atoms with Gasteiger partial charge < -0.3 is 10.2 Å². The van der Waals surface area contributed by atoms with Crippen molar-refractivity contribution in [2.24, 2.45) is 5.92 Å². The van der Waals surface area contributed by atoms with E-state index in [-0.39, 0.29) is 5.91 Å². The van der Waals surface area contributed by atoms with E-state index in [1.165, 1.54) is 24.8 Å². The summed E-state index contributed by atoms with van der Waals surface area (Å²) >= 11 is 0. The van der Waals surface area contributed by atoms with Gasteiger partial charge in [-0.1, -0.05) is 43.2 Å². The third kappa shape index (κ3) is 4.64. The molecule has 1 fully saturated rings. The van der Waals surface area contributed by atoms with Crippen LogP contribution in [0.5, 0.6) is 0 Å². The molecule has 0 saturated heterocycles. The first kappa shape index (κ1) is 15.0. The molecule has 2 atom stereocenters. The van der Waals surface area contributed by atoms with Gasteiger partial charge in [-0.05, 0) is 44.8 Å². The van der Waals surface area contributed by atoms with Crippen LogP contribution in [0.3, 0.4) is 0 Å². The average Bonchev–Trinajstić information content (AvgIpc) is 2.41. The zero-order valence-corrected chi connectivity index (χ0v) is 12.6. The van der Waals surface area contributed by atoms with Crippen LogP contribution in [0.4, 0.5) is 0 Å². The Balaban J connectivity index is 1.93. The smallest absolute Gasteiger partial charge is 0.234 e. The summed E-state index contributed by atoms with van der Waals surface area (Å²) in [7, 11) is 3.86. The molecule has 0 bridgehead atoms. The van der Waals surface area contributed by atoms with Gasteiger partial charge in [0.15, 0.2) is 0 Å². The number of likely N-dealkylation sites (N-methyl/N-ethyl adjacent to an activating group) is 1. The van der Waals surface area contributed by atoms with Gasteiger partial charge >= 0.3 is 0 Å². The van der Waals surface area contributed by atoms with Crippen molar-refractivity contribution in [3.63, 3.8) is 0 Å². The molecule has 0 aromatic heterocycles. The van der Waals surface area contributed by atoms with Crippen LogP contribution in [0.25, 0.3) is 0 Å². The number of nitrogens with zero attached hydrogens (tertiary/aromatic N) is 1. The van der Waals surface area contributed by atoms with E-state index in [0.717, 1.165) is 12.8 Å². The fraction of sp³-hybridized carbons (Fsp3) is 0.588. The summed E-state index contributed by atoms with van der Waals surface area (Å²) in [4.78, 5) is 13.9. The molecule has 1 aliphatic rings. The van der Waals surface area contributed by atoms with E-state index in [0.29, 0.717) is 18.5 Å². The van der Waals surface area contributed by atoms with E-state index in [2.05, 4.69) is 35.6 Å². The molecule has 3 nitrogen and oxygen atoms in total. The Morgan fingerprint density at radius 3 is 2.60 bits per heavy atom. The number of nitrogens with one attached hydrogen (secondary N) is 1. The molecule has 1 N–H and O–H groups in total. The molecule has 0 aliphatic heterocycles. The van der Waals surface area contributed by atoms with Crippen molar-refractivity contribution in [2.75, 3.05) is 20.6 Å². The molecule has 1 aliphatic carbocycles. The molecule has 20 heavy (non-hydrogen) atoms. The van der Waals surface area contributed by atoms with Crippen molar-refractivity contribution in [1.29, 1.82) is 0 Å². The highest BCUT2D eigenvalue weighted by Gasteiger charge is 2.26. The van der Waals surface area contributed by atoms with Crippen LogP contribution in [0.1, 0.15) is 31.2 Å². The molecule has 2 rings (SSSR count). The number of amides is 1. The number of carbonyl (C=O) groups is 1. The van der Waals surface area contributed by atoms with Gasteiger partial charge in [-0.3, -0.25) is 4.79 Å². The molecule has 0 spiro atoms. The molecule has 1 aromatic carbocycles.